The topological polar surface area (TPSA) is 21.3 Å². The lowest BCUT2D eigenvalue weighted by atomic mass is 10.1. The van der Waals surface area contributed by atoms with Gasteiger partial charge in [0.25, 0.3) is 0 Å². The van der Waals surface area contributed by atoms with Gasteiger partial charge >= 0.3 is 0 Å². The number of halogens is 2. The third-order valence-electron chi connectivity index (χ3n) is 2.96. The van der Waals surface area contributed by atoms with Crippen molar-refractivity contribution in [3.8, 4) is 5.75 Å². The molecule has 0 amide bonds. The fourth-order valence-electron chi connectivity index (χ4n) is 1.91. The van der Waals surface area contributed by atoms with Gasteiger partial charge in [0.2, 0.25) is 0 Å². The SMILES string of the molecule is CCNC(C)c1ccc(OCc2cc(Br)cs2)c(F)c1. The minimum absolute atomic E-state index is 0.136. The highest BCUT2D eigenvalue weighted by Gasteiger charge is 2.09. The van der Waals surface area contributed by atoms with Crippen molar-refractivity contribution in [1.82, 2.24) is 5.32 Å². The first kappa shape index (κ1) is 15.5. The Morgan fingerprint density at radius 3 is 2.80 bits per heavy atom. The second kappa shape index (κ2) is 7.20. The lowest BCUT2D eigenvalue weighted by Gasteiger charge is -2.14. The van der Waals surface area contributed by atoms with Crippen molar-refractivity contribution in [2.24, 2.45) is 0 Å². The van der Waals surface area contributed by atoms with Gasteiger partial charge in [0, 0.05) is 20.8 Å². The fourth-order valence-corrected chi connectivity index (χ4v) is 3.27. The van der Waals surface area contributed by atoms with E-state index in [-0.39, 0.29) is 11.9 Å². The second-order valence-corrected chi connectivity index (χ2v) is 6.40. The molecule has 2 aromatic rings. The molecule has 0 spiro atoms. The molecule has 0 aliphatic heterocycles. The van der Waals surface area contributed by atoms with E-state index in [1.54, 1.807) is 17.4 Å². The first-order valence-corrected chi connectivity index (χ1v) is 8.16. The highest BCUT2D eigenvalue weighted by Crippen LogP contribution is 2.25. The summed E-state index contributed by atoms with van der Waals surface area (Å²) in [6.07, 6.45) is 0. The van der Waals surface area contributed by atoms with Crippen LogP contribution in [-0.4, -0.2) is 6.54 Å². The molecule has 2 nitrogen and oxygen atoms in total. The van der Waals surface area contributed by atoms with Gasteiger partial charge < -0.3 is 10.1 Å². The molecular weight excluding hydrogens is 341 g/mol. The Balaban J connectivity index is 2.02. The predicted molar refractivity (Wildman–Crippen MR) is 84.8 cm³/mol. The zero-order valence-electron chi connectivity index (χ0n) is 11.5. The van der Waals surface area contributed by atoms with E-state index in [1.807, 2.05) is 31.4 Å². The Labute approximate surface area is 131 Å². The van der Waals surface area contributed by atoms with E-state index in [1.165, 1.54) is 6.07 Å². The van der Waals surface area contributed by atoms with Crippen molar-refractivity contribution >= 4 is 27.3 Å². The van der Waals surface area contributed by atoms with Crippen LogP contribution in [0.1, 0.15) is 30.3 Å². The van der Waals surface area contributed by atoms with E-state index < -0.39 is 0 Å². The van der Waals surface area contributed by atoms with Gasteiger partial charge in [0.05, 0.1) is 0 Å². The number of hydrogen-bond acceptors (Lipinski definition) is 3. The van der Waals surface area contributed by atoms with Crippen LogP contribution in [-0.2, 0) is 6.61 Å². The largest absolute Gasteiger partial charge is 0.485 e. The summed E-state index contributed by atoms with van der Waals surface area (Å²) in [4.78, 5) is 1.06. The molecule has 20 heavy (non-hydrogen) atoms. The van der Waals surface area contributed by atoms with Crippen LogP contribution in [0.15, 0.2) is 34.1 Å². The number of benzene rings is 1. The molecule has 0 radical (unpaired) electrons. The fraction of sp³-hybridized carbons (Fsp3) is 0.333. The Bertz CT molecular complexity index is 573. The molecule has 0 saturated carbocycles. The summed E-state index contributed by atoms with van der Waals surface area (Å²) < 4.78 is 20.5. The molecule has 1 N–H and O–H groups in total. The van der Waals surface area contributed by atoms with Gasteiger partial charge in [-0.1, -0.05) is 13.0 Å². The van der Waals surface area contributed by atoms with Gasteiger partial charge in [-0.05, 0) is 53.2 Å². The van der Waals surface area contributed by atoms with E-state index in [4.69, 9.17) is 4.74 Å². The normalized spacial score (nSPS) is 12.4. The molecule has 1 atom stereocenters. The molecule has 0 bridgehead atoms. The summed E-state index contributed by atoms with van der Waals surface area (Å²) in [6.45, 7) is 5.29. The van der Waals surface area contributed by atoms with Crippen LogP contribution in [0.2, 0.25) is 0 Å². The molecular formula is C15H17BrFNOS. The zero-order valence-corrected chi connectivity index (χ0v) is 13.9. The Kier molecular flexibility index (Phi) is 5.57. The van der Waals surface area contributed by atoms with Gasteiger partial charge in [-0.25, -0.2) is 4.39 Å². The zero-order chi connectivity index (χ0) is 14.5. The average Bonchev–Trinajstić information content (AvgIpc) is 2.83. The molecule has 1 unspecified atom stereocenters. The molecule has 0 fully saturated rings. The van der Waals surface area contributed by atoms with E-state index in [0.29, 0.717) is 12.4 Å². The lowest BCUT2D eigenvalue weighted by molar-refractivity contribution is 0.293. The Hall–Kier alpha value is -0.910. The van der Waals surface area contributed by atoms with E-state index >= 15 is 0 Å². The van der Waals surface area contributed by atoms with Gasteiger partial charge in [-0.15, -0.1) is 11.3 Å². The molecule has 5 heteroatoms. The number of ether oxygens (including phenoxy) is 1. The molecule has 1 aromatic heterocycles. The molecule has 108 valence electrons. The average molecular weight is 358 g/mol. The molecule has 1 aromatic carbocycles. The highest BCUT2D eigenvalue weighted by atomic mass is 79.9. The minimum atomic E-state index is -0.317. The van der Waals surface area contributed by atoms with Crippen LogP contribution in [0.4, 0.5) is 4.39 Å². The first-order valence-electron chi connectivity index (χ1n) is 6.48. The van der Waals surface area contributed by atoms with Crippen LogP contribution >= 0.6 is 27.3 Å². The van der Waals surface area contributed by atoms with Crippen molar-refractivity contribution < 1.29 is 9.13 Å². The smallest absolute Gasteiger partial charge is 0.165 e. The third kappa shape index (κ3) is 4.04. The molecule has 1 heterocycles. The van der Waals surface area contributed by atoms with Crippen LogP contribution < -0.4 is 10.1 Å². The maximum atomic E-state index is 14.0. The van der Waals surface area contributed by atoms with Gasteiger partial charge in [0.15, 0.2) is 11.6 Å². The van der Waals surface area contributed by atoms with E-state index in [0.717, 1.165) is 21.5 Å². The maximum absolute atomic E-state index is 14.0. The summed E-state index contributed by atoms with van der Waals surface area (Å²) in [6, 6.07) is 7.24. The van der Waals surface area contributed by atoms with E-state index in [2.05, 4.69) is 21.2 Å². The number of hydrogen-bond donors (Lipinski definition) is 1. The molecule has 0 aliphatic carbocycles. The molecule has 2 rings (SSSR count). The van der Waals surface area contributed by atoms with E-state index in [9.17, 15) is 4.39 Å². The van der Waals surface area contributed by atoms with Crippen LogP contribution in [0, 0.1) is 5.82 Å². The third-order valence-corrected chi connectivity index (χ3v) is 4.63. The minimum Gasteiger partial charge on any atom is -0.485 e. The Morgan fingerprint density at radius 2 is 2.20 bits per heavy atom. The second-order valence-electron chi connectivity index (χ2n) is 4.49. The molecule has 0 saturated heterocycles. The number of rotatable bonds is 6. The van der Waals surface area contributed by atoms with Crippen molar-refractivity contribution in [3.63, 3.8) is 0 Å². The van der Waals surface area contributed by atoms with Crippen molar-refractivity contribution in [1.29, 1.82) is 0 Å². The lowest BCUT2D eigenvalue weighted by Crippen LogP contribution is -2.17. The van der Waals surface area contributed by atoms with Gasteiger partial charge in [-0.2, -0.15) is 0 Å². The van der Waals surface area contributed by atoms with Gasteiger partial charge in [0.1, 0.15) is 6.61 Å². The monoisotopic (exact) mass is 357 g/mol. The summed E-state index contributed by atoms with van der Waals surface area (Å²) in [7, 11) is 0. The van der Waals surface area contributed by atoms with Crippen LogP contribution in [0.5, 0.6) is 5.75 Å². The van der Waals surface area contributed by atoms with Crippen molar-refractivity contribution in [2.75, 3.05) is 6.54 Å². The number of thiophene rings is 1. The van der Waals surface area contributed by atoms with Crippen molar-refractivity contribution in [3.05, 3.63) is 50.4 Å². The maximum Gasteiger partial charge on any atom is 0.165 e. The summed E-state index contributed by atoms with van der Waals surface area (Å²) >= 11 is 4.97. The highest BCUT2D eigenvalue weighted by molar-refractivity contribution is 9.10. The van der Waals surface area contributed by atoms with Crippen LogP contribution in [0.25, 0.3) is 0 Å². The van der Waals surface area contributed by atoms with Gasteiger partial charge in [-0.3, -0.25) is 0 Å². The number of nitrogens with one attached hydrogen (secondary N) is 1. The Morgan fingerprint density at radius 1 is 1.40 bits per heavy atom. The molecule has 0 aliphatic rings. The quantitative estimate of drug-likeness (QED) is 0.793. The summed E-state index contributed by atoms with van der Waals surface area (Å²) in [5.74, 6) is -0.0233. The standard InChI is InChI=1S/C15H17BrFNOS/c1-3-18-10(2)11-4-5-15(14(17)6-11)19-8-13-7-12(16)9-20-13/h4-7,9-10,18H,3,8H2,1-2H3. The summed E-state index contributed by atoms with van der Waals surface area (Å²) in [5.41, 5.74) is 0.926. The van der Waals surface area contributed by atoms with Crippen molar-refractivity contribution in [2.45, 2.75) is 26.5 Å². The summed E-state index contributed by atoms with van der Waals surface area (Å²) in [5, 5.41) is 5.24. The first-order chi connectivity index (χ1) is 9.60. The predicted octanol–water partition coefficient (Wildman–Crippen LogP) is 4.90. The van der Waals surface area contributed by atoms with Crippen LogP contribution in [0.3, 0.4) is 0 Å².